The number of halogens is 1. The second-order valence-electron chi connectivity index (χ2n) is 6.76. The van der Waals surface area contributed by atoms with E-state index >= 15 is 0 Å². The molecule has 0 bridgehead atoms. The molecule has 0 saturated heterocycles. The third-order valence-electron chi connectivity index (χ3n) is 4.40. The lowest BCUT2D eigenvalue weighted by molar-refractivity contribution is 0.0785. The van der Waals surface area contributed by atoms with Crippen molar-refractivity contribution >= 4 is 21.6 Å². The molecule has 1 amide bonds. The lowest BCUT2D eigenvalue weighted by atomic mass is 10.1. The van der Waals surface area contributed by atoms with Gasteiger partial charge in [0.25, 0.3) is 15.9 Å². The van der Waals surface area contributed by atoms with Crippen molar-refractivity contribution in [3.8, 4) is 0 Å². The van der Waals surface area contributed by atoms with Gasteiger partial charge < -0.3 is 4.90 Å². The van der Waals surface area contributed by atoms with Crippen molar-refractivity contribution in [2.45, 2.75) is 18.4 Å². The first kappa shape index (κ1) is 20.5. The summed E-state index contributed by atoms with van der Waals surface area (Å²) in [7, 11) is -2.39. The first-order valence-electron chi connectivity index (χ1n) is 8.95. The van der Waals surface area contributed by atoms with E-state index in [2.05, 4.69) is 4.72 Å². The number of carbonyl (C=O) groups excluding carboxylic acids is 1. The quantitative estimate of drug-likeness (QED) is 0.660. The van der Waals surface area contributed by atoms with Crippen LogP contribution in [0.5, 0.6) is 0 Å². The second kappa shape index (κ2) is 8.45. The van der Waals surface area contributed by atoms with E-state index in [0.717, 1.165) is 17.2 Å². The van der Waals surface area contributed by atoms with Crippen LogP contribution in [0.3, 0.4) is 0 Å². The van der Waals surface area contributed by atoms with Gasteiger partial charge in [0.1, 0.15) is 5.82 Å². The first-order chi connectivity index (χ1) is 13.8. The van der Waals surface area contributed by atoms with Crippen LogP contribution >= 0.6 is 0 Å². The summed E-state index contributed by atoms with van der Waals surface area (Å²) in [5.41, 5.74) is 2.18. The third kappa shape index (κ3) is 5.00. The maximum absolute atomic E-state index is 13.8. The summed E-state index contributed by atoms with van der Waals surface area (Å²) in [6.45, 7) is 2.38. The molecule has 29 heavy (non-hydrogen) atoms. The number of rotatable bonds is 6. The Morgan fingerprint density at radius 2 is 1.69 bits per heavy atom. The highest BCUT2D eigenvalue weighted by Crippen LogP contribution is 2.20. The van der Waals surface area contributed by atoms with Gasteiger partial charge >= 0.3 is 0 Å². The van der Waals surface area contributed by atoms with Crippen LogP contribution in [-0.4, -0.2) is 26.3 Å². The Bertz CT molecular complexity index is 1130. The normalized spacial score (nSPS) is 11.1. The Morgan fingerprint density at radius 1 is 1.00 bits per heavy atom. The van der Waals surface area contributed by atoms with Crippen molar-refractivity contribution in [2.24, 2.45) is 0 Å². The molecule has 150 valence electrons. The number of hydrogen-bond acceptors (Lipinski definition) is 3. The first-order valence-corrected chi connectivity index (χ1v) is 10.4. The molecule has 0 aliphatic rings. The Labute approximate surface area is 169 Å². The summed E-state index contributed by atoms with van der Waals surface area (Å²) >= 11 is 0. The maximum atomic E-state index is 13.8. The van der Waals surface area contributed by atoms with Gasteiger partial charge in [-0.3, -0.25) is 9.52 Å². The van der Waals surface area contributed by atoms with Crippen LogP contribution in [0.25, 0.3) is 0 Å². The monoisotopic (exact) mass is 412 g/mol. The van der Waals surface area contributed by atoms with E-state index in [-0.39, 0.29) is 22.1 Å². The van der Waals surface area contributed by atoms with Crippen LogP contribution < -0.4 is 4.72 Å². The number of sulfonamides is 1. The van der Waals surface area contributed by atoms with Crippen molar-refractivity contribution in [2.75, 3.05) is 11.8 Å². The average molecular weight is 412 g/mol. The van der Waals surface area contributed by atoms with Crippen LogP contribution in [0.2, 0.25) is 0 Å². The minimum Gasteiger partial charge on any atom is -0.337 e. The van der Waals surface area contributed by atoms with Gasteiger partial charge in [-0.05, 0) is 42.8 Å². The van der Waals surface area contributed by atoms with Gasteiger partial charge in [0, 0.05) is 19.2 Å². The molecule has 0 heterocycles. The Balaban J connectivity index is 1.80. The van der Waals surface area contributed by atoms with Gasteiger partial charge in [-0.2, -0.15) is 0 Å². The highest BCUT2D eigenvalue weighted by atomic mass is 32.2. The fourth-order valence-corrected chi connectivity index (χ4v) is 3.92. The summed E-state index contributed by atoms with van der Waals surface area (Å²) in [4.78, 5) is 14.2. The molecule has 5 nitrogen and oxygen atoms in total. The van der Waals surface area contributed by atoms with Crippen LogP contribution in [0, 0.1) is 12.7 Å². The lowest BCUT2D eigenvalue weighted by Crippen LogP contribution is -2.26. The SMILES string of the molecule is Cc1ccc(CN(C)C(=O)c2cccc(S(=O)(=O)Nc3ccccc3F)c2)cc1. The molecule has 0 fully saturated rings. The zero-order valence-corrected chi connectivity index (χ0v) is 16.9. The zero-order chi connectivity index (χ0) is 21.0. The molecule has 3 aromatic rings. The number of benzene rings is 3. The predicted octanol–water partition coefficient (Wildman–Crippen LogP) is 4.21. The van der Waals surface area contributed by atoms with E-state index in [0.29, 0.717) is 6.54 Å². The molecule has 0 unspecified atom stereocenters. The molecule has 7 heteroatoms. The molecule has 1 N–H and O–H groups in total. The number of aryl methyl sites for hydroxylation is 1. The highest BCUT2D eigenvalue weighted by molar-refractivity contribution is 7.92. The van der Waals surface area contributed by atoms with Crippen molar-refractivity contribution in [1.29, 1.82) is 0 Å². The highest BCUT2D eigenvalue weighted by Gasteiger charge is 2.19. The molecule has 3 aromatic carbocycles. The molecule has 0 aliphatic heterocycles. The van der Waals surface area contributed by atoms with Gasteiger partial charge in [0.15, 0.2) is 0 Å². The predicted molar refractivity (Wildman–Crippen MR) is 111 cm³/mol. The smallest absolute Gasteiger partial charge is 0.262 e. The van der Waals surface area contributed by atoms with E-state index in [1.807, 2.05) is 31.2 Å². The number of carbonyl (C=O) groups is 1. The third-order valence-corrected chi connectivity index (χ3v) is 5.76. The molecule has 0 spiro atoms. The Morgan fingerprint density at radius 3 is 2.38 bits per heavy atom. The fraction of sp³-hybridized carbons (Fsp3) is 0.136. The second-order valence-corrected chi connectivity index (χ2v) is 8.44. The number of nitrogens with one attached hydrogen (secondary N) is 1. The van der Waals surface area contributed by atoms with Crippen LogP contribution in [0.15, 0.2) is 77.7 Å². The Kier molecular flexibility index (Phi) is 5.98. The molecule has 0 radical (unpaired) electrons. The van der Waals surface area contributed by atoms with E-state index in [9.17, 15) is 17.6 Å². The Hall–Kier alpha value is -3.19. The molecular formula is C22H21FN2O3S. The van der Waals surface area contributed by atoms with Crippen LogP contribution in [-0.2, 0) is 16.6 Å². The van der Waals surface area contributed by atoms with Crippen LogP contribution in [0.1, 0.15) is 21.5 Å². The zero-order valence-electron chi connectivity index (χ0n) is 16.1. The number of nitrogens with zero attached hydrogens (tertiary/aromatic N) is 1. The fourth-order valence-electron chi connectivity index (χ4n) is 2.80. The van der Waals surface area contributed by atoms with Gasteiger partial charge in [-0.1, -0.05) is 48.0 Å². The number of hydrogen-bond donors (Lipinski definition) is 1. The van der Waals surface area contributed by atoms with E-state index in [1.54, 1.807) is 13.1 Å². The van der Waals surface area contributed by atoms with Crippen molar-refractivity contribution in [1.82, 2.24) is 4.90 Å². The van der Waals surface area contributed by atoms with E-state index in [4.69, 9.17) is 0 Å². The molecule has 0 saturated carbocycles. The van der Waals surface area contributed by atoms with Crippen molar-refractivity contribution in [3.63, 3.8) is 0 Å². The van der Waals surface area contributed by atoms with Gasteiger partial charge in [0.05, 0.1) is 10.6 Å². The summed E-state index contributed by atoms with van der Waals surface area (Å²) < 4.78 is 41.2. The minimum absolute atomic E-state index is 0.115. The van der Waals surface area contributed by atoms with Gasteiger partial charge in [-0.25, -0.2) is 12.8 Å². The summed E-state index contributed by atoms with van der Waals surface area (Å²) in [5.74, 6) is -0.991. The van der Waals surface area contributed by atoms with Gasteiger partial charge in [0.2, 0.25) is 0 Å². The summed E-state index contributed by atoms with van der Waals surface area (Å²) in [5, 5.41) is 0. The molecule has 0 aromatic heterocycles. The number of para-hydroxylation sites is 1. The van der Waals surface area contributed by atoms with Crippen LogP contribution in [0.4, 0.5) is 10.1 Å². The standard InChI is InChI=1S/C22H21FN2O3S/c1-16-10-12-17(13-11-16)15-25(2)22(26)18-6-5-7-19(14-18)29(27,28)24-21-9-4-3-8-20(21)23/h3-14,24H,15H2,1-2H3. The summed E-state index contributed by atoms with van der Waals surface area (Å²) in [6.07, 6.45) is 0. The average Bonchev–Trinajstić information content (AvgIpc) is 2.71. The molecule has 0 atom stereocenters. The topological polar surface area (TPSA) is 66.5 Å². The van der Waals surface area contributed by atoms with Gasteiger partial charge in [-0.15, -0.1) is 0 Å². The lowest BCUT2D eigenvalue weighted by Gasteiger charge is -2.18. The van der Waals surface area contributed by atoms with Crippen molar-refractivity contribution in [3.05, 3.63) is 95.3 Å². The van der Waals surface area contributed by atoms with E-state index in [1.165, 1.54) is 41.3 Å². The maximum Gasteiger partial charge on any atom is 0.262 e. The molecule has 3 rings (SSSR count). The number of anilines is 1. The molecule has 0 aliphatic carbocycles. The number of amides is 1. The minimum atomic E-state index is -4.04. The summed E-state index contributed by atoms with van der Waals surface area (Å²) in [6, 6.07) is 19.0. The largest absolute Gasteiger partial charge is 0.337 e. The van der Waals surface area contributed by atoms with E-state index < -0.39 is 15.8 Å². The molecular weight excluding hydrogens is 391 g/mol. The van der Waals surface area contributed by atoms with Crippen molar-refractivity contribution < 1.29 is 17.6 Å².